The van der Waals surface area contributed by atoms with Gasteiger partial charge in [0.2, 0.25) is 10.0 Å². The minimum absolute atomic E-state index is 0. The highest BCUT2D eigenvalue weighted by molar-refractivity contribution is 9.10. The van der Waals surface area contributed by atoms with Gasteiger partial charge in [-0.2, -0.15) is 4.31 Å². The maximum Gasteiger partial charge on any atom is 0.244 e. The Balaban J connectivity index is 0.00000220. The number of hydrogen-bond acceptors (Lipinski definition) is 3. The molecule has 0 radical (unpaired) electrons. The Hall–Kier alpha value is -0.210. The minimum atomic E-state index is -3.72. The fourth-order valence-corrected chi connectivity index (χ4v) is 4.91. The molecule has 0 aliphatic carbocycles. The summed E-state index contributed by atoms with van der Waals surface area (Å²) in [7, 11) is -3.72. The Kier molecular flexibility index (Phi) is 5.83. The van der Waals surface area contributed by atoms with E-state index in [1.54, 1.807) is 0 Å². The molecule has 0 spiro atoms. The fourth-order valence-electron chi connectivity index (χ4n) is 2.34. The van der Waals surface area contributed by atoms with Crippen LogP contribution >= 0.6 is 28.3 Å². The van der Waals surface area contributed by atoms with Gasteiger partial charge in [-0.05, 0) is 46.0 Å². The molecule has 1 unspecified atom stereocenters. The lowest BCUT2D eigenvalue weighted by Crippen LogP contribution is -2.53. The Morgan fingerprint density at radius 1 is 1.43 bits per heavy atom. The fraction of sp³-hybridized carbons (Fsp3) is 0.538. The van der Waals surface area contributed by atoms with Crippen molar-refractivity contribution >= 4 is 38.4 Å². The van der Waals surface area contributed by atoms with E-state index in [1.165, 1.54) is 16.4 Å². The maximum atomic E-state index is 13.3. The highest BCUT2D eigenvalue weighted by Gasteiger charge is 2.39. The van der Waals surface area contributed by atoms with E-state index in [0.29, 0.717) is 24.0 Å². The van der Waals surface area contributed by atoms with Crippen LogP contribution in [0.1, 0.15) is 20.3 Å². The summed E-state index contributed by atoms with van der Waals surface area (Å²) in [6, 6.07) is 3.63. The van der Waals surface area contributed by atoms with Gasteiger partial charge in [-0.15, -0.1) is 12.4 Å². The molecule has 1 saturated heterocycles. The summed E-state index contributed by atoms with van der Waals surface area (Å²) in [5, 5.41) is 0. The number of rotatable bonds is 2. The summed E-state index contributed by atoms with van der Waals surface area (Å²) in [4.78, 5) is -0.0382. The quantitative estimate of drug-likeness (QED) is 0.829. The minimum Gasteiger partial charge on any atom is -0.327 e. The Morgan fingerprint density at radius 3 is 2.62 bits per heavy atom. The molecule has 120 valence electrons. The molecular formula is C13H19BrClFN2O2S. The van der Waals surface area contributed by atoms with E-state index in [9.17, 15) is 12.8 Å². The van der Waals surface area contributed by atoms with Crippen molar-refractivity contribution in [3.63, 3.8) is 0 Å². The van der Waals surface area contributed by atoms with Crippen molar-refractivity contribution in [2.75, 3.05) is 13.1 Å². The van der Waals surface area contributed by atoms with E-state index < -0.39 is 15.8 Å². The molecule has 1 aliphatic heterocycles. The maximum absolute atomic E-state index is 13.3. The molecule has 1 fully saturated rings. The zero-order chi connectivity index (χ0) is 15.1. The zero-order valence-electron chi connectivity index (χ0n) is 11.8. The highest BCUT2D eigenvalue weighted by atomic mass is 79.9. The van der Waals surface area contributed by atoms with Crippen molar-refractivity contribution in [1.29, 1.82) is 0 Å². The molecule has 2 N–H and O–H groups in total. The average Bonchev–Trinajstić information content (AvgIpc) is 2.35. The second kappa shape index (κ2) is 6.50. The molecule has 1 heterocycles. The van der Waals surface area contributed by atoms with Crippen molar-refractivity contribution in [2.24, 2.45) is 11.1 Å². The van der Waals surface area contributed by atoms with Crippen LogP contribution < -0.4 is 5.73 Å². The lowest BCUT2D eigenvalue weighted by molar-refractivity contribution is 0.155. The van der Waals surface area contributed by atoms with Crippen LogP contribution in [0, 0.1) is 11.2 Å². The predicted octanol–water partition coefficient (Wildman–Crippen LogP) is 2.76. The SMILES string of the molecule is CC1(C)CN(S(=O)(=O)c2cc(F)ccc2Br)CCC1N.Cl. The molecule has 21 heavy (non-hydrogen) atoms. The van der Waals surface area contributed by atoms with Crippen LogP contribution in [0.5, 0.6) is 0 Å². The van der Waals surface area contributed by atoms with E-state index >= 15 is 0 Å². The Labute approximate surface area is 139 Å². The number of nitrogens with zero attached hydrogens (tertiary/aromatic N) is 1. The van der Waals surface area contributed by atoms with Crippen molar-refractivity contribution in [3.8, 4) is 0 Å². The van der Waals surface area contributed by atoms with Gasteiger partial charge in [0.15, 0.2) is 0 Å². The van der Waals surface area contributed by atoms with E-state index in [-0.39, 0.29) is 28.8 Å². The number of halogens is 3. The molecule has 0 saturated carbocycles. The first-order valence-corrected chi connectivity index (χ1v) is 8.59. The third-order valence-electron chi connectivity index (χ3n) is 3.79. The standard InChI is InChI=1S/C13H18BrFN2O2S.ClH/c1-13(2)8-17(6-5-12(13)16)20(18,19)11-7-9(15)3-4-10(11)14;/h3-4,7,12H,5-6,8,16H2,1-2H3;1H. The van der Waals surface area contributed by atoms with Crippen LogP contribution in [-0.2, 0) is 10.0 Å². The number of benzene rings is 1. The predicted molar refractivity (Wildman–Crippen MR) is 86.5 cm³/mol. The first-order chi connectivity index (χ1) is 9.14. The molecule has 0 aromatic heterocycles. The van der Waals surface area contributed by atoms with E-state index in [1.807, 2.05) is 13.8 Å². The van der Waals surface area contributed by atoms with Gasteiger partial charge >= 0.3 is 0 Å². The summed E-state index contributed by atoms with van der Waals surface area (Å²) in [6.45, 7) is 4.58. The summed E-state index contributed by atoms with van der Waals surface area (Å²) in [5.74, 6) is -0.570. The lowest BCUT2D eigenvalue weighted by atomic mass is 9.81. The second-order valence-electron chi connectivity index (χ2n) is 5.80. The molecule has 8 heteroatoms. The summed E-state index contributed by atoms with van der Waals surface area (Å²) in [6.07, 6.45) is 0.596. The number of sulfonamides is 1. The molecule has 1 aliphatic rings. The zero-order valence-corrected chi connectivity index (χ0v) is 15.1. The van der Waals surface area contributed by atoms with Crippen molar-refractivity contribution in [1.82, 2.24) is 4.31 Å². The second-order valence-corrected chi connectivity index (χ2v) is 8.56. The molecule has 0 amide bonds. The number of nitrogens with two attached hydrogens (primary N) is 1. The van der Waals surface area contributed by atoms with E-state index in [0.717, 1.165) is 6.07 Å². The first-order valence-electron chi connectivity index (χ1n) is 6.35. The van der Waals surface area contributed by atoms with E-state index in [4.69, 9.17) is 5.73 Å². The van der Waals surface area contributed by atoms with Crippen LogP contribution in [0.25, 0.3) is 0 Å². The molecule has 1 aromatic carbocycles. The smallest absolute Gasteiger partial charge is 0.244 e. The Morgan fingerprint density at radius 2 is 2.05 bits per heavy atom. The molecule has 0 bridgehead atoms. The highest BCUT2D eigenvalue weighted by Crippen LogP contribution is 2.33. The average molecular weight is 402 g/mol. The number of hydrogen-bond donors (Lipinski definition) is 1. The monoisotopic (exact) mass is 400 g/mol. The topological polar surface area (TPSA) is 63.4 Å². The van der Waals surface area contributed by atoms with Gasteiger partial charge in [-0.25, -0.2) is 12.8 Å². The number of piperidine rings is 1. The van der Waals surface area contributed by atoms with Crippen molar-refractivity contribution in [3.05, 3.63) is 28.5 Å². The van der Waals surface area contributed by atoms with Crippen LogP contribution in [0.2, 0.25) is 0 Å². The van der Waals surface area contributed by atoms with E-state index in [2.05, 4.69) is 15.9 Å². The molecular weight excluding hydrogens is 383 g/mol. The van der Waals surface area contributed by atoms with Gasteiger partial charge < -0.3 is 5.73 Å². The molecule has 1 aromatic rings. The first kappa shape index (κ1) is 18.8. The summed E-state index contributed by atoms with van der Waals surface area (Å²) >= 11 is 3.18. The summed E-state index contributed by atoms with van der Waals surface area (Å²) in [5.41, 5.74) is 5.72. The van der Waals surface area contributed by atoms with Crippen LogP contribution in [0.15, 0.2) is 27.6 Å². The van der Waals surface area contributed by atoms with Crippen LogP contribution in [0.3, 0.4) is 0 Å². The van der Waals surface area contributed by atoms with Crippen LogP contribution in [-0.4, -0.2) is 31.9 Å². The Bertz CT molecular complexity index is 625. The lowest BCUT2D eigenvalue weighted by Gasteiger charge is -2.41. The van der Waals surface area contributed by atoms with Crippen molar-refractivity contribution in [2.45, 2.75) is 31.2 Å². The van der Waals surface area contributed by atoms with Gasteiger partial charge in [0.1, 0.15) is 5.82 Å². The largest absolute Gasteiger partial charge is 0.327 e. The molecule has 2 rings (SSSR count). The summed E-state index contributed by atoms with van der Waals surface area (Å²) < 4.78 is 40.4. The van der Waals surface area contributed by atoms with Crippen LogP contribution in [0.4, 0.5) is 4.39 Å². The molecule has 4 nitrogen and oxygen atoms in total. The van der Waals surface area contributed by atoms with Gasteiger partial charge in [0, 0.05) is 23.6 Å². The van der Waals surface area contributed by atoms with Gasteiger partial charge in [-0.1, -0.05) is 13.8 Å². The van der Waals surface area contributed by atoms with Gasteiger partial charge in [0.05, 0.1) is 4.90 Å². The van der Waals surface area contributed by atoms with Gasteiger partial charge in [0.25, 0.3) is 0 Å². The third kappa shape index (κ3) is 3.76. The van der Waals surface area contributed by atoms with Crippen molar-refractivity contribution < 1.29 is 12.8 Å². The molecule has 1 atom stereocenters. The van der Waals surface area contributed by atoms with Gasteiger partial charge in [-0.3, -0.25) is 0 Å². The normalized spacial score (nSPS) is 22.6. The third-order valence-corrected chi connectivity index (χ3v) is 6.63.